The van der Waals surface area contributed by atoms with Gasteiger partial charge in [0.05, 0.1) is 11.4 Å². The number of aliphatic hydroxyl groups excluding tert-OH is 1. The Balaban J connectivity index is 2.00. The van der Waals surface area contributed by atoms with Gasteiger partial charge >= 0.3 is 0 Å². The molecule has 2 rings (SSSR count). The van der Waals surface area contributed by atoms with Crippen LogP contribution in [0.2, 0.25) is 0 Å². The summed E-state index contributed by atoms with van der Waals surface area (Å²) in [6.07, 6.45) is -0.568. The Morgan fingerprint density at radius 2 is 1.80 bits per heavy atom. The molecule has 0 aromatic heterocycles. The van der Waals surface area contributed by atoms with E-state index in [1.54, 1.807) is 0 Å². The number of carbonyl (C=O) groups excluding carboxylic acids is 1. The highest BCUT2D eigenvalue weighted by Crippen LogP contribution is 2.27. The second-order valence-corrected chi connectivity index (χ2v) is 7.91. The van der Waals surface area contributed by atoms with Gasteiger partial charge in [0.1, 0.15) is 0 Å². The second kappa shape index (κ2) is 9.07. The van der Waals surface area contributed by atoms with Crippen molar-refractivity contribution in [1.29, 1.82) is 0 Å². The molecular weight excluding hydrogens is 330 g/mol. The van der Waals surface area contributed by atoms with E-state index in [0.29, 0.717) is 5.75 Å². The van der Waals surface area contributed by atoms with Gasteiger partial charge in [-0.15, -0.1) is 11.8 Å². The van der Waals surface area contributed by atoms with Crippen molar-refractivity contribution < 1.29 is 9.90 Å². The molecule has 2 atom stereocenters. The largest absolute Gasteiger partial charge is 0.388 e. The molecule has 0 saturated heterocycles. The Kier molecular flexibility index (Phi) is 7.09. The van der Waals surface area contributed by atoms with Gasteiger partial charge in [0.2, 0.25) is 5.91 Å². The van der Waals surface area contributed by atoms with Crippen LogP contribution in [0.15, 0.2) is 48.5 Å². The molecule has 2 aromatic carbocycles. The van der Waals surface area contributed by atoms with Gasteiger partial charge in [-0.05, 0) is 37.0 Å². The van der Waals surface area contributed by atoms with Crippen LogP contribution in [0.4, 0.5) is 5.69 Å². The van der Waals surface area contributed by atoms with Crippen molar-refractivity contribution >= 4 is 23.4 Å². The fourth-order valence-electron chi connectivity index (χ4n) is 2.69. The molecule has 0 heterocycles. The van der Waals surface area contributed by atoms with Crippen LogP contribution < -0.4 is 5.32 Å². The van der Waals surface area contributed by atoms with Gasteiger partial charge < -0.3 is 10.4 Å². The lowest BCUT2D eigenvalue weighted by Gasteiger charge is -2.22. The maximum atomic E-state index is 12.7. The van der Waals surface area contributed by atoms with Gasteiger partial charge in [0, 0.05) is 11.4 Å². The lowest BCUT2D eigenvalue weighted by Crippen LogP contribution is -2.30. The van der Waals surface area contributed by atoms with Crippen molar-refractivity contribution in [2.24, 2.45) is 5.92 Å². The number of anilines is 1. The van der Waals surface area contributed by atoms with Crippen molar-refractivity contribution in [3.05, 3.63) is 65.2 Å². The van der Waals surface area contributed by atoms with Crippen LogP contribution in [0.5, 0.6) is 0 Å². The molecule has 1 amide bonds. The van der Waals surface area contributed by atoms with E-state index >= 15 is 0 Å². The quantitative estimate of drug-likeness (QED) is 0.753. The zero-order chi connectivity index (χ0) is 18.4. The molecule has 0 fully saturated rings. The van der Waals surface area contributed by atoms with Crippen LogP contribution in [0.25, 0.3) is 0 Å². The SMILES string of the molecule is Cc1ccc(NC(=O)C(SCC(O)c2ccccc2)C(C)C)c(C)c1. The lowest BCUT2D eigenvalue weighted by atomic mass is 10.1. The molecule has 0 aliphatic carbocycles. The molecule has 2 N–H and O–H groups in total. The van der Waals surface area contributed by atoms with Gasteiger partial charge in [0.15, 0.2) is 0 Å². The van der Waals surface area contributed by atoms with E-state index in [4.69, 9.17) is 0 Å². The van der Waals surface area contributed by atoms with Crippen LogP contribution in [0.3, 0.4) is 0 Å². The first-order chi connectivity index (χ1) is 11.9. The predicted molar refractivity (Wildman–Crippen MR) is 107 cm³/mol. The minimum atomic E-state index is -0.568. The van der Waals surface area contributed by atoms with Crippen molar-refractivity contribution in [3.63, 3.8) is 0 Å². The third-order valence-corrected chi connectivity index (χ3v) is 5.75. The first kappa shape index (κ1) is 19.5. The smallest absolute Gasteiger partial charge is 0.237 e. The summed E-state index contributed by atoms with van der Waals surface area (Å²) in [5, 5.41) is 13.2. The predicted octanol–water partition coefficient (Wildman–Crippen LogP) is 4.73. The Hall–Kier alpha value is -1.78. The number of aliphatic hydroxyl groups is 1. The molecule has 134 valence electrons. The Morgan fingerprint density at radius 3 is 2.40 bits per heavy atom. The van der Waals surface area contributed by atoms with E-state index in [1.807, 2.05) is 70.2 Å². The number of hydrogen-bond donors (Lipinski definition) is 2. The molecule has 4 heteroatoms. The number of amides is 1. The summed E-state index contributed by atoms with van der Waals surface area (Å²) in [4.78, 5) is 12.7. The first-order valence-corrected chi connectivity index (χ1v) is 9.66. The highest BCUT2D eigenvalue weighted by Gasteiger charge is 2.24. The molecule has 2 aromatic rings. The number of thioether (sulfide) groups is 1. The van der Waals surface area contributed by atoms with E-state index in [1.165, 1.54) is 17.3 Å². The average Bonchev–Trinajstić information content (AvgIpc) is 2.58. The zero-order valence-corrected chi connectivity index (χ0v) is 16.1. The number of hydrogen-bond acceptors (Lipinski definition) is 3. The average molecular weight is 358 g/mol. The zero-order valence-electron chi connectivity index (χ0n) is 15.3. The van der Waals surface area contributed by atoms with E-state index in [9.17, 15) is 9.90 Å². The number of carbonyl (C=O) groups is 1. The molecule has 0 radical (unpaired) electrons. The highest BCUT2D eigenvalue weighted by atomic mass is 32.2. The van der Waals surface area contributed by atoms with Crippen LogP contribution in [0.1, 0.15) is 36.6 Å². The normalized spacial score (nSPS) is 13.5. The number of aryl methyl sites for hydroxylation is 2. The summed E-state index contributed by atoms with van der Waals surface area (Å²) in [5.74, 6) is 0.665. The summed E-state index contributed by atoms with van der Waals surface area (Å²) in [5.41, 5.74) is 3.97. The van der Waals surface area contributed by atoms with Crippen molar-refractivity contribution in [2.75, 3.05) is 11.1 Å². The maximum absolute atomic E-state index is 12.7. The minimum Gasteiger partial charge on any atom is -0.388 e. The molecule has 0 saturated carbocycles. The van der Waals surface area contributed by atoms with Gasteiger partial charge in [-0.25, -0.2) is 0 Å². The van der Waals surface area contributed by atoms with Gasteiger partial charge in [-0.3, -0.25) is 4.79 Å². The van der Waals surface area contributed by atoms with Crippen molar-refractivity contribution in [1.82, 2.24) is 0 Å². The number of nitrogens with one attached hydrogen (secondary N) is 1. The topological polar surface area (TPSA) is 49.3 Å². The summed E-state index contributed by atoms with van der Waals surface area (Å²) in [6.45, 7) is 8.11. The minimum absolute atomic E-state index is 0.00721. The monoisotopic (exact) mass is 357 g/mol. The van der Waals surface area contributed by atoms with Crippen molar-refractivity contribution in [3.8, 4) is 0 Å². The lowest BCUT2D eigenvalue weighted by molar-refractivity contribution is -0.116. The van der Waals surface area contributed by atoms with E-state index in [0.717, 1.165) is 16.8 Å². The highest BCUT2D eigenvalue weighted by molar-refractivity contribution is 8.00. The molecular formula is C21H27NO2S. The van der Waals surface area contributed by atoms with E-state index in [2.05, 4.69) is 11.4 Å². The third-order valence-electron chi connectivity index (χ3n) is 4.12. The number of rotatable bonds is 7. The first-order valence-electron chi connectivity index (χ1n) is 8.61. The van der Waals surface area contributed by atoms with E-state index < -0.39 is 6.10 Å². The Bertz CT molecular complexity index is 700. The van der Waals surface area contributed by atoms with Crippen LogP contribution in [-0.4, -0.2) is 22.0 Å². The third kappa shape index (κ3) is 5.62. The molecule has 0 aliphatic rings. The van der Waals surface area contributed by atoms with Gasteiger partial charge in [0.25, 0.3) is 0 Å². The Morgan fingerprint density at radius 1 is 1.12 bits per heavy atom. The fraction of sp³-hybridized carbons (Fsp3) is 0.381. The molecule has 0 bridgehead atoms. The summed E-state index contributed by atoms with van der Waals surface area (Å²) < 4.78 is 0. The van der Waals surface area contributed by atoms with E-state index in [-0.39, 0.29) is 17.1 Å². The standard InChI is InChI=1S/C21H27NO2S/c1-14(2)20(25-13-19(23)17-8-6-5-7-9-17)21(24)22-18-11-10-15(3)12-16(18)4/h5-12,14,19-20,23H,13H2,1-4H3,(H,22,24). The van der Waals surface area contributed by atoms with Crippen LogP contribution >= 0.6 is 11.8 Å². The molecule has 3 nitrogen and oxygen atoms in total. The van der Waals surface area contributed by atoms with Crippen LogP contribution in [0, 0.1) is 19.8 Å². The van der Waals surface area contributed by atoms with Gasteiger partial charge in [-0.2, -0.15) is 0 Å². The van der Waals surface area contributed by atoms with Crippen molar-refractivity contribution in [2.45, 2.75) is 39.0 Å². The maximum Gasteiger partial charge on any atom is 0.237 e. The van der Waals surface area contributed by atoms with Gasteiger partial charge in [-0.1, -0.05) is 61.9 Å². The summed E-state index contributed by atoms with van der Waals surface area (Å²) >= 11 is 1.51. The van der Waals surface area contributed by atoms with Crippen LogP contribution in [-0.2, 0) is 4.79 Å². The Labute approximate surface area is 154 Å². The summed E-state index contributed by atoms with van der Waals surface area (Å²) in [7, 11) is 0. The molecule has 0 spiro atoms. The molecule has 0 aliphatic heterocycles. The second-order valence-electron chi connectivity index (χ2n) is 6.73. The molecule has 2 unspecified atom stereocenters. The summed E-state index contributed by atoms with van der Waals surface area (Å²) in [6, 6.07) is 15.6. The molecule has 25 heavy (non-hydrogen) atoms. The fourth-order valence-corrected chi connectivity index (χ4v) is 3.87. The number of benzene rings is 2.